The van der Waals surface area contributed by atoms with Crippen LogP contribution in [0.3, 0.4) is 0 Å². The van der Waals surface area contributed by atoms with Crippen LogP contribution in [0.5, 0.6) is 11.5 Å². The molecule has 0 saturated carbocycles. The first-order valence-electron chi connectivity index (χ1n) is 9.03. The number of benzene rings is 2. The van der Waals surface area contributed by atoms with E-state index in [9.17, 15) is 15.0 Å². The van der Waals surface area contributed by atoms with Gasteiger partial charge in [0.1, 0.15) is 0 Å². The second kappa shape index (κ2) is 5.09. The molecule has 26 heavy (non-hydrogen) atoms. The largest absolute Gasteiger partial charge is 0.504 e. The van der Waals surface area contributed by atoms with Crippen molar-refractivity contribution >= 4 is 5.78 Å². The van der Waals surface area contributed by atoms with Crippen LogP contribution in [0.1, 0.15) is 24.2 Å². The highest BCUT2D eigenvalue weighted by Crippen LogP contribution is 2.53. The minimum Gasteiger partial charge on any atom is -0.504 e. The predicted molar refractivity (Wildman–Crippen MR) is 96.9 cm³/mol. The molecule has 2 unspecified atom stereocenters. The molecule has 6 rings (SSSR count). The van der Waals surface area contributed by atoms with Crippen LogP contribution in [0.25, 0.3) is 0 Å². The van der Waals surface area contributed by atoms with Crippen molar-refractivity contribution in [3.63, 3.8) is 0 Å². The third-order valence-corrected chi connectivity index (χ3v) is 6.35. The lowest BCUT2D eigenvalue weighted by Gasteiger charge is -2.65. The number of ketones is 1. The molecule has 4 heterocycles. The van der Waals surface area contributed by atoms with Crippen molar-refractivity contribution in [2.24, 2.45) is 5.41 Å². The van der Waals surface area contributed by atoms with E-state index in [2.05, 4.69) is 28.9 Å². The van der Waals surface area contributed by atoms with Crippen molar-refractivity contribution in [2.45, 2.75) is 18.5 Å². The van der Waals surface area contributed by atoms with Crippen molar-refractivity contribution in [2.75, 3.05) is 26.2 Å². The van der Waals surface area contributed by atoms with Gasteiger partial charge in [-0.1, -0.05) is 43.3 Å². The number of aromatic hydroxyl groups is 2. The Bertz CT molecular complexity index is 879. The molecule has 4 bridgehead atoms. The summed E-state index contributed by atoms with van der Waals surface area (Å²) in [6.07, 6.45) is 0.0273. The van der Waals surface area contributed by atoms with Crippen LogP contribution in [0, 0.1) is 5.41 Å². The summed E-state index contributed by atoms with van der Waals surface area (Å²) < 4.78 is 0. The van der Waals surface area contributed by atoms with E-state index in [-0.39, 0.29) is 23.1 Å². The molecule has 0 radical (unpaired) electrons. The molecule has 0 amide bonds. The third-order valence-electron chi connectivity index (χ3n) is 6.35. The number of phenols is 2. The molecule has 5 nitrogen and oxygen atoms in total. The summed E-state index contributed by atoms with van der Waals surface area (Å²) in [5.41, 5.74) is 1.19. The summed E-state index contributed by atoms with van der Waals surface area (Å²) in [7, 11) is 0. The molecule has 5 heteroatoms. The zero-order chi connectivity index (χ0) is 18.1. The van der Waals surface area contributed by atoms with Gasteiger partial charge in [-0.15, -0.1) is 0 Å². The molecule has 4 saturated heterocycles. The Morgan fingerprint density at radius 3 is 2.19 bits per heavy atom. The van der Waals surface area contributed by atoms with Crippen molar-refractivity contribution < 1.29 is 15.0 Å². The lowest BCUT2D eigenvalue weighted by molar-refractivity contribution is -0.185. The second-order valence-corrected chi connectivity index (χ2v) is 8.27. The monoisotopic (exact) mass is 350 g/mol. The fourth-order valence-corrected chi connectivity index (χ4v) is 5.44. The van der Waals surface area contributed by atoms with Gasteiger partial charge in [0.05, 0.1) is 17.0 Å². The first-order chi connectivity index (χ1) is 12.4. The van der Waals surface area contributed by atoms with E-state index in [1.807, 2.05) is 24.3 Å². The Hall–Kier alpha value is -2.37. The molecule has 2 aromatic rings. The van der Waals surface area contributed by atoms with Gasteiger partial charge in [-0.2, -0.15) is 0 Å². The van der Waals surface area contributed by atoms with E-state index in [1.165, 1.54) is 6.07 Å². The molecular weight excluding hydrogens is 328 g/mol. The number of piperidine rings is 2. The number of carbonyl (C=O) groups is 1. The van der Waals surface area contributed by atoms with Crippen LogP contribution in [0.15, 0.2) is 48.5 Å². The van der Waals surface area contributed by atoms with Crippen molar-refractivity contribution in [3.05, 3.63) is 59.7 Å². The maximum atomic E-state index is 13.4. The van der Waals surface area contributed by atoms with E-state index < -0.39 is 5.41 Å². The molecule has 4 aliphatic heterocycles. The van der Waals surface area contributed by atoms with Gasteiger partial charge in [-0.3, -0.25) is 14.6 Å². The average Bonchev–Trinajstić information content (AvgIpc) is 2.62. The first-order valence-corrected chi connectivity index (χ1v) is 9.03. The number of hydrogen-bond acceptors (Lipinski definition) is 5. The minimum absolute atomic E-state index is 0.0273. The zero-order valence-electron chi connectivity index (χ0n) is 14.7. The first kappa shape index (κ1) is 15.9. The standard InChI is InChI=1S/C21H22N2O3/c1-20-10-22-12-21(19(20)26,15-5-3-2-4-6-15)13-23(11-20)18(22)14-7-8-16(24)17(25)9-14/h2-9,18,24-25H,10-13H2,1H3. The molecule has 4 aliphatic rings. The van der Waals surface area contributed by atoms with Crippen LogP contribution in [-0.4, -0.2) is 52.0 Å². The highest BCUT2D eigenvalue weighted by molar-refractivity contribution is 5.97. The van der Waals surface area contributed by atoms with Gasteiger partial charge in [0, 0.05) is 26.2 Å². The average molecular weight is 350 g/mol. The predicted octanol–water partition coefficient (Wildman–Crippen LogP) is 2.25. The van der Waals surface area contributed by atoms with E-state index >= 15 is 0 Å². The molecule has 2 atom stereocenters. The van der Waals surface area contributed by atoms with Gasteiger partial charge in [-0.05, 0) is 23.3 Å². The smallest absolute Gasteiger partial charge is 0.157 e. The van der Waals surface area contributed by atoms with Crippen LogP contribution >= 0.6 is 0 Å². The summed E-state index contributed by atoms with van der Waals surface area (Å²) >= 11 is 0. The Morgan fingerprint density at radius 2 is 1.58 bits per heavy atom. The van der Waals surface area contributed by atoms with Gasteiger partial charge in [-0.25, -0.2) is 0 Å². The molecule has 134 valence electrons. The van der Waals surface area contributed by atoms with E-state index in [0.717, 1.165) is 24.2 Å². The van der Waals surface area contributed by atoms with E-state index in [0.29, 0.717) is 18.9 Å². The quantitative estimate of drug-likeness (QED) is 0.814. The van der Waals surface area contributed by atoms with Crippen molar-refractivity contribution in [1.82, 2.24) is 9.80 Å². The number of hydrogen-bond donors (Lipinski definition) is 2. The number of phenolic OH excluding ortho intramolecular Hbond substituents is 2. The maximum absolute atomic E-state index is 13.4. The summed E-state index contributed by atoms with van der Waals surface area (Å²) in [5, 5.41) is 19.6. The fourth-order valence-electron chi connectivity index (χ4n) is 5.44. The molecule has 4 fully saturated rings. The fraction of sp³-hybridized carbons (Fsp3) is 0.381. The van der Waals surface area contributed by atoms with Crippen molar-refractivity contribution in [3.8, 4) is 11.5 Å². The molecule has 2 aromatic carbocycles. The molecular formula is C21H22N2O3. The highest BCUT2D eigenvalue weighted by Gasteiger charge is 2.64. The topological polar surface area (TPSA) is 64.0 Å². The summed E-state index contributed by atoms with van der Waals surface area (Å²) in [5.74, 6) is 0.153. The van der Waals surface area contributed by atoms with Crippen LogP contribution in [-0.2, 0) is 10.2 Å². The summed E-state index contributed by atoms with van der Waals surface area (Å²) in [4.78, 5) is 18.1. The zero-order valence-corrected chi connectivity index (χ0v) is 14.7. The van der Waals surface area contributed by atoms with E-state index in [4.69, 9.17) is 0 Å². The molecule has 0 aliphatic carbocycles. The molecule has 0 spiro atoms. The second-order valence-electron chi connectivity index (χ2n) is 8.27. The van der Waals surface area contributed by atoms with Gasteiger partial charge in [0.25, 0.3) is 0 Å². The lowest BCUT2D eigenvalue weighted by atomic mass is 9.58. The van der Waals surface area contributed by atoms with E-state index in [1.54, 1.807) is 6.07 Å². The Labute approximate surface area is 152 Å². The summed E-state index contributed by atoms with van der Waals surface area (Å²) in [6.45, 7) is 4.91. The molecule has 2 N–H and O–H groups in total. The van der Waals surface area contributed by atoms with Crippen molar-refractivity contribution in [1.29, 1.82) is 0 Å². The SMILES string of the molecule is CC12CN3CC(c4ccccc4)(CN(C1)C3c1ccc(O)c(O)c1)C2=O. The number of rotatable bonds is 2. The van der Waals surface area contributed by atoms with Crippen LogP contribution < -0.4 is 0 Å². The Morgan fingerprint density at radius 1 is 0.923 bits per heavy atom. The Balaban J connectivity index is 1.60. The minimum atomic E-state index is -0.484. The Kier molecular flexibility index (Phi) is 3.10. The number of Topliss-reactive ketones (excluding diaryl/α,β-unsaturated/α-hetero) is 1. The normalized spacial score (nSPS) is 37.9. The van der Waals surface area contributed by atoms with Gasteiger partial charge < -0.3 is 10.2 Å². The van der Waals surface area contributed by atoms with Crippen LogP contribution in [0.2, 0.25) is 0 Å². The highest BCUT2D eigenvalue weighted by atomic mass is 16.3. The van der Waals surface area contributed by atoms with Gasteiger partial charge >= 0.3 is 0 Å². The lowest BCUT2D eigenvalue weighted by Crippen LogP contribution is -2.77. The third kappa shape index (κ3) is 1.95. The van der Waals surface area contributed by atoms with Gasteiger partial charge in [0.2, 0.25) is 0 Å². The number of nitrogens with zero attached hydrogens (tertiary/aromatic N) is 2. The van der Waals surface area contributed by atoms with Gasteiger partial charge in [0.15, 0.2) is 17.3 Å². The molecule has 0 aromatic heterocycles. The van der Waals surface area contributed by atoms with Crippen LogP contribution in [0.4, 0.5) is 0 Å². The maximum Gasteiger partial charge on any atom is 0.157 e. The summed E-state index contributed by atoms with van der Waals surface area (Å²) in [6, 6.07) is 15.2. The number of carbonyl (C=O) groups excluding carboxylic acids is 1.